The lowest BCUT2D eigenvalue weighted by molar-refractivity contribution is -0.391. The number of carbonyl (C=O) groups excluding carboxylic acids is 1. The second-order valence-electron chi connectivity index (χ2n) is 4.07. The van der Waals surface area contributed by atoms with E-state index in [1.807, 2.05) is 0 Å². The number of methoxy groups -OCH3 is 1. The molecule has 1 N–H and O–H groups in total. The van der Waals surface area contributed by atoms with Crippen LogP contribution in [0.2, 0.25) is 0 Å². The van der Waals surface area contributed by atoms with Crippen LogP contribution >= 0.6 is 0 Å². The minimum absolute atomic E-state index is 0.0231. The van der Waals surface area contributed by atoms with Gasteiger partial charge in [-0.1, -0.05) is 0 Å². The predicted molar refractivity (Wildman–Crippen MR) is 66.3 cm³/mol. The van der Waals surface area contributed by atoms with Gasteiger partial charge < -0.3 is 14.2 Å². The van der Waals surface area contributed by atoms with E-state index in [0.717, 1.165) is 25.3 Å². The summed E-state index contributed by atoms with van der Waals surface area (Å²) in [5, 5.41) is 12.1. The molecule has 0 aromatic heterocycles. The maximum Gasteiger partial charge on any atom is 0.507 e. The highest BCUT2D eigenvalue weighted by Gasteiger charge is 2.65. The van der Waals surface area contributed by atoms with Crippen molar-refractivity contribution in [1.82, 2.24) is 0 Å². The number of nitrogens with one attached hydrogen (secondary N) is 1. The zero-order chi connectivity index (χ0) is 17.3. The summed E-state index contributed by atoms with van der Waals surface area (Å²) in [7, 11) is 1.03. The van der Waals surface area contributed by atoms with Crippen LogP contribution in [0.15, 0.2) is 23.3 Å². The molecule has 1 heterocycles. The van der Waals surface area contributed by atoms with Gasteiger partial charge in [0.05, 0.1) is 12.8 Å². The van der Waals surface area contributed by atoms with Crippen molar-refractivity contribution in [3.8, 4) is 17.6 Å². The van der Waals surface area contributed by atoms with E-state index >= 15 is 0 Å². The van der Waals surface area contributed by atoms with Crippen molar-refractivity contribution in [2.75, 3.05) is 12.5 Å². The highest BCUT2D eigenvalue weighted by molar-refractivity contribution is 6.43. The van der Waals surface area contributed by atoms with E-state index in [9.17, 15) is 22.4 Å². The van der Waals surface area contributed by atoms with Crippen molar-refractivity contribution in [3.63, 3.8) is 0 Å². The molecule has 0 aliphatic carbocycles. The third-order valence-corrected chi connectivity index (χ3v) is 2.54. The molecule has 0 unspecified atom stereocenters. The zero-order valence-electron chi connectivity index (χ0n) is 11.3. The fraction of sp³-hybridized carbons (Fsp3) is 0.250. The number of alkyl halides is 4. The van der Waals surface area contributed by atoms with Crippen LogP contribution in [0.4, 0.5) is 23.2 Å². The third-order valence-electron chi connectivity index (χ3n) is 2.54. The van der Waals surface area contributed by atoms with Gasteiger partial charge in [0.1, 0.15) is 6.07 Å². The number of carbonyl (C=O) groups is 1. The first kappa shape index (κ1) is 16.3. The minimum Gasteiger partial charge on any atom is -0.464 e. The number of nitriles is 1. The average molecular weight is 333 g/mol. The number of fused-ring (bicyclic) bond motifs is 1. The molecule has 122 valence electrons. The Morgan fingerprint density at radius 2 is 1.87 bits per heavy atom. The number of nitrogens with zero attached hydrogens (tertiary/aromatic N) is 2. The molecule has 1 aromatic rings. The van der Waals surface area contributed by atoms with E-state index < -0.39 is 35.4 Å². The number of rotatable bonds is 3. The number of anilines is 1. The lowest BCUT2D eigenvalue weighted by Gasteiger charge is -2.31. The summed E-state index contributed by atoms with van der Waals surface area (Å²) < 4.78 is 64.2. The Kier molecular flexibility index (Phi) is 4.00. The van der Waals surface area contributed by atoms with E-state index in [-0.39, 0.29) is 5.69 Å². The Hall–Kier alpha value is -3.03. The van der Waals surface area contributed by atoms with Crippen molar-refractivity contribution in [2.24, 2.45) is 5.10 Å². The van der Waals surface area contributed by atoms with Crippen LogP contribution in [-0.2, 0) is 9.53 Å². The van der Waals surface area contributed by atoms with E-state index in [0.29, 0.717) is 0 Å². The van der Waals surface area contributed by atoms with Crippen molar-refractivity contribution in [2.45, 2.75) is 12.2 Å². The van der Waals surface area contributed by atoms with Crippen LogP contribution in [0.1, 0.15) is 0 Å². The van der Waals surface area contributed by atoms with Gasteiger partial charge >= 0.3 is 18.2 Å². The smallest absolute Gasteiger partial charge is 0.464 e. The van der Waals surface area contributed by atoms with E-state index in [1.165, 1.54) is 6.07 Å². The number of hydrogen-bond acceptors (Lipinski definition) is 7. The van der Waals surface area contributed by atoms with Crippen molar-refractivity contribution in [3.05, 3.63) is 18.2 Å². The van der Waals surface area contributed by atoms with Gasteiger partial charge in [0.25, 0.3) is 0 Å². The van der Waals surface area contributed by atoms with E-state index in [1.54, 1.807) is 0 Å². The highest BCUT2D eigenvalue weighted by Crippen LogP contribution is 2.47. The topological polar surface area (TPSA) is 92.9 Å². The quantitative estimate of drug-likeness (QED) is 0.394. The summed E-state index contributed by atoms with van der Waals surface area (Å²) in [5.41, 5.74) is 1.54. The summed E-state index contributed by atoms with van der Waals surface area (Å²) in [4.78, 5) is 11.1. The molecule has 0 bridgehead atoms. The first-order valence-electron chi connectivity index (χ1n) is 5.80. The number of hydrogen-bond donors (Lipinski definition) is 1. The lowest BCUT2D eigenvalue weighted by atomic mass is 10.2. The Labute approximate surface area is 126 Å². The van der Waals surface area contributed by atoms with Crippen LogP contribution in [-0.4, -0.2) is 31.0 Å². The monoisotopic (exact) mass is 333 g/mol. The second-order valence-corrected chi connectivity index (χ2v) is 4.07. The lowest BCUT2D eigenvalue weighted by Crippen LogP contribution is -2.52. The maximum absolute atomic E-state index is 13.1. The second kappa shape index (κ2) is 5.64. The number of esters is 1. The SMILES string of the molecule is COC(=O)/C(C#N)=N/Nc1ccc2c(c1)OC(F)(F)C(F)(F)O2. The van der Waals surface area contributed by atoms with Crippen molar-refractivity contribution >= 4 is 17.4 Å². The number of ether oxygens (including phenoxy) is 3. The summed E-state index contributed by atoms with van der Waals surface area (Å²) >= 11 is 0. The molecule has 0 fully saturated rings. The molecule has 11 heteroatoms. The van der Waals surface area contributed by atoms with Gasteiger partial charge in [0.2, 0.25) is 5.71 Å². The molecule has 0 saturated heterocycles. The fourth-order valence-electron chi connectivity index (χ4n) is 1.47. The van der Waals surface area contributed by atoms with Gasteiger partial charge in [0, 0.05) is 6.07 Å². The van der Waals surface area contributed by atoms with Crippen LogP contribution in [0.5, 0.6) is 11.5 Å². The molecule has 0 radical (unpaired) electrons. The summed E-state index contributed by atoms with van der Waals surface area (Å²) in [5.74, 6) is -2.30. The molecule has 0 saturated carbocycles. The van der Waals surface area contributed by atoms with Crippen molar-refractivity contribution < 1.29 is 36.6 Å². The van der Waals surface area contributed by atoms with Crippen molar-refractivity contribution in [1.29, 1.82) is 5.26 Å². The third kappa shape index (κ3) is 3.10. The summed E-state index contributed by atoms with van der Waals surface area (Å²) in [6.45, 7) is 0. The van der Waals surface area contributed by atoms with Gasteiger partial charge in [-0.05, 0) is 12.1 Å². The molecule has 1 aliphatic heterocycles. The number of halogens is 4. The normalized spacial score (nSPS) is 17.8. The van der Waals surface area contributed by atoms with Gasteiger partial charge in [0.15, 0.2) is 11.5 Å². The largest absolute Gasteiger partial charge is 0.507 e. The van der Waals surface area contributed by atoms with E-state index in [4.69, 9.17) is 5.26 Å². The summed E-state index contributed by atoms with van der Waals surface area (Å²) in [6, 6.07) is 4.40. The highest BCUT2D eigenvalue weighted by atomic mass is 19.3. The van der Waals surface area contributed by atoms with Crippen LogP contribution < -0.4 is 14.9 Å². The molecule has 1 aromatic carbocycles. The molecular weight excluding hydrogens is 326 g/mol. The molecule has 0 spiro atoms. The number of hydrazone groups is 1. The molecule has 7 nitrogen and oxygen atoms in total. The standard InChI is InChI=1S/C12H7F4N3O4/c1-21-10(20)7(5-17)19-18-6-2-3-8-9(4-6)23-12(15,16)11(13,14)22-8/h2-4,18H,1H3/b19-7+. The molecule has 0 amide bonds. The van der Waals surface area contributed by atoms with Crippen LogP contribution in [0.3, 0.4) is 0 Å². The van der Waals surface area contributed by atoms with Gasteiger partial charge in [-0.25, -0.2) is 4.79 Å². The Balaban J connectivity index is 2.25. The van der Waals surface area contributed by atoms with Gasteiger partial charge in [-0.3, -0.25) is 5.43 Å². The van der Waals surface area contributed by atoms with Crippen LogP contribution in [0, 0.1) is 11.3 Å². The Bertz CT molecular complexity index is 715. The summed E-state index contributed by atoms with van der Waals surface area (Å²) in [6.07, 6.45) is -9.67. The van der Waals surface area contributed by atoms with Gasteiger partial charge in [-0.15, -0.1) is 0 Å². The molecule has 23 heavy (non-hydrogen) atoms. The fourth-order valence-corrected chi connectivity index (χ4v) is 1.47. The average Bonchev–Trinajstić information content (AvgIpc) is 2.48. The Morgan fingerprint density at radius 3 is 2.43 bits per heavy atom. The number of benzene rings is 1. The zero-order valence-corrected chi connectivity index (χ0v) is 11.3. The molecule has 1 aliphatic rings. The van der Waals surface area contributed by atoms with Crippen LogP contribution in [0.25, 0.3) is 0 Å². The Morgan fingerprint density at radius 1 is 1.26 bits per heavy atom. The minimum atomic E-state index is -4.86. The first-order chi connectivity index (χ1) is 10.7. The predicted octanol–water partition coefficient (Wildman–Crippen LogP) is 2.11. The molecule has 0 atom stereocenters. The first-order valence-corrected chi connectivity index (χ1v) is 5.80. The van der Waals surface area contributed by atoms with Gasteiger partial charge in [-0.2, -0.15) is 27.9 Å². The van der Waals surface area contributed by atoms with E-state index in [2.05, 4.69) is 24.7 Å². The maximum atomic E-state index is 13.1. The molecular formula is C12H7F4N3O4. The molecule has 2 rings (SSSR count).